The molecular weight excluding hydrogens is 218 g/mol. The first-order valence-electron chi connectivity index (χ1n) is 6.66. The molecule has 2 fully saturated rings. The topological polar surface area (TPSA) is 57.6 Å². The first-order chi connectivity index (χ1) is 8.11. The van der Waals surface area contributed by atoms with E-state index in [0.29, 0.717) is 0 Å². The minimum atomic E-state index is -0.888. The summed E-state index contributed by atoms with van der Waals surface area (Å²) >= 11 is 0. The molecular formula is C13H21NO3. The minimum Gasteiger partial charge on any atom is -0.480 e. The summed E-state index contributed by atoms with van der Waals surface area (Å²) in [4.78, 5) is 25.1. The molecule has 0 radical (unpaired) electrons. The van der Waals surface area contributed by atoms with Crippen LogP contribution in [0.25, 0.3) is 0 Å². The Bertz CT molecular complexity index is 306. The van der Waals surface area contributed by atoms with Crippen molar-refractivity contribution in [1.82, 2.24) is 4.90 Å². The van der Waals surface area contributed by atoms with Gasteiger partial charge in [0, 0.05) is 12.0 Å². The second-order valence-corrected chi connectivity index (χ2v) is 5.33. The molecule has 4 heteroatoms. The molecule has 1 unspecified atom stereocenters. The van der Waals surface area contributed by atoms with Gasteiger partial charge in [-0.05, 0) is 32.6 Å². The maximum atomic E-state index is 12.4. The van der Waals surface area contributed by atoms with Crippen LogP contribution in [-0.2, 0) is 9.59 Å². The van der Waals surface area contributed by atoms with Crippen LogP contribution in [0.5, 0.6) is 0 Å². The van der Waals surface area contributed by atoms with Crippen LogP contribution in [0.15, 0.2) is 0 Å². The van der Waals surface area contributed by atoms with E-state index in [1.165, 1.54) is 6.42 Å². The lowest BCUT2D eigenvalue weighted by atomic mass is 9.88. The summed E-state index contributed by atoms with van der Waals surface area (Å²) in [6, 6.07) is -0.479. The van der Waals surface area contributed by atoms with Gasteiger partial charge in [-0.15, -0.1) is 0 Å². The Hall–Kier alpha value is -1.06. The number of rotatable bonds is 4. The van der Waals surface area contributed by atoms with Gasteiger partial charge in [-0.25, -0.2) is 4.79 Å². The van der Waals surface area contributed by atoms with Crippen molar-refractivity contribution in [2.45, 2.75) is 64.0 Å². The van der Waals surface area contributed by atoms with Crippen LogP contribution in [0.4, 0.5) is 0 Å². The highest BCUT2D eigenvalue weighted by atomic mass is 16.4. The third kappa shape index (κ3) is 2.79. The molecule has 0 aromatic carbocycles. The van der Waals surface area contributed by atoms with Crippen LogP contribution in [-0.4, -0.2) is 34.0 Å². The summed E-state index contributed by atoms with van der Waals surface area (Å²) in [5.74, 6) is -0.727. The molecule has 4 nitrogen and oxygen atoms in total. The standard InChI is InChI=1S/C13H21NO3/c1-9(13(16)17)14(11-7-8-11)12(15)10-5-3-2-4-6-10/h9-11H,2-8H2,1H3,(H,16,17). The molecule has 1 N–H and O–H groups in total. The Balaban J connectivity index is 2.04. The normalized spacial score (nSPS) is 23.1. The molecule has 0 spiro atoms. The van der Waals surface area contributed by atoms with E-state index < -0.39 is 12.0 Å². The SMILES string of the molecule is CC(C(=O)O)N(C(=O)C1CCCCC1)C1CC1. The number of carbonyl (C=O) groups is 2. The monoisotopic (exact) mass is 239 g/mol. The van der Waals surface area contributed by atoms with E-state index in [1.54, 1.807) is 11.8 Å². The van der Waals surface area contributed by atoms with Crippen LogP contribution in [0, 0.1) is 5.92 Å². The zero-order valence-electron chi connectivity index (χ0n) is 10.4. The summed E-state index contributed by atoms with van der Waals surface area (Å²) in [5.41, 5.74) is 0. The molecule has 0 heterocycles. The van der Waals surface area contributed by atoms with E-state index in [2.05, 4.69) is 0 Å². The van der Waals surface area contributed by atoms with Gasteiger partial charge < -0.3 is 10.0 Å². The van der Waals surface area contributed by atoms with Crippen molar-refractivity contribution in [3.63, 3.8) is 0 Å². The lowest BCUT2D eigenvalue weighted by Gasteiger charge is -2.32. The van der Waals surface area contributed by atoms with Gasteiger partial charge in [0.25, 0.3) is 0 Å². The highest BCUT2D eigenvalue weighted by molar-refractivity contribution is 5.85. The number of hydrogen-bond donors (Lipinski definition) is 1. The summed E-state index contributed by atoms with van der Waals surface area (Å²) in [5, 5.41) is 9.08. The van der Waals surface area contributed by atoms with Gasteiger partial charge in [-0.2, -0.15) is 0 Å². The Labute approximate surface area is 102 Å². The molecule has 2 aliphatic carbocycles. The molecule has 2 aliphatic rings. The number of carbonyl (C=O) groups excluding carboxylic acids is 1. The van der Waals surface area contributed by atoms with Crippen LogP contribution >= 0.6 is 0 Å². The number of aliphatic carboxylic acids is 1. The van der Waals surface area contributed by atoms with Gasteiger partial charge in [-0.1, -0.05) is 19.3 Å². The lowest BCUT2D eigenvalue weighted by molar-refractivity contribution is -0.152. The largest absolute Gasteiger partial charge is 0.480 e. The summed E-state index contributed by atoms with van der Waals surface area (Å²) in [6.45, 7) is 1.63. The lowest BCUT2D eigenvalue weighted by Crippen LogP contribution is -2.47. The van der Waals surface area contributed by atoms with Crippen molar-refractivity contribution in [1.29, 1.82) is 0 Å². The van der Waals surface area contributed by atoms with Crippen molar-refractivity contribution in [2.24, 2.45) is 5.92 Å². The molecule has 1 amide bonds. The number of nitrogens with zero attached hydrogens (tertiary/aromatic N) is 1. The van der Waals surface area contributed by atoms with E-state index in [4.69, 9.17) is 5.11 Å². The molecule has 96 valence electrons. The number of carboxylic acids is 1. The molecule has 0 bridgehead atoms. The van der Waals surface area contributed by atoms with Gasteiger partial charge >= 0.3 is 5.97 Å². The van der Waals surface area contributed by atoms with Crippen LogP contribution in [0.3, 0.4) is 0 Å². The zero-order valence-corrected chi connectivity index (χ0v) is 10.4. The van der Waals surface area contributed by atoms with Crippen LogP contribution in [0.1, 0.15) is 51.9 Å². The van der Waals surface area contributed by atoms with Gasteiger partial charge in [-0.3, -0.25) is 4.79 Å². The van der Waals surface area contributed by atoms with E-state index in [0.717, 1.165) is 38.5 Å². The Morgan fingerprint density at radius 3 is 2.18 bits per heavy atom. The Kier molecular flexibility index (Phi) is 3.69. The fraction of sp³-hybridized carbons (Fsp3) is 0.846. The number of carboxylic acid groups (broad SMARTS) is 1. The van der Waals surface area contributed by atoms with Crippen molar-refractivity contribution in [3.05, 3.63) is 0 Å². The van der Waals surface area contributed by atoms with E-state index >= 15 is 0 Å². The Morgan fingerprint density at radius 1 is 1.12 bits per heavy atom. The smallest absolute Gasteiger partial charge is 0.326 e. The third-order valence-electron chi connectivity index (χ3n) is 3.92. The van der Waals surface area contributed by atoms with Crippen LogP contribution in [0.2, 0.25) is 0 Å². The van der Waals surface area contributed by atoms with Crippen molar-refractivity contribution >= 4 is 11.9 Å². The third-order valence-corrected chi connectivity index (χ3v) is 3.92. The predicted molar refractivity (Wildman–Crippen MR) is 63.5 cm³/mol. The predicted octanol–water partition coefficient (Wildman–Crippen LogP) is 2.03. The highest BCUT2D eigenvalue weighted by Crippen LogP contribution is 2.33. The van der Waals surface area contributed by atoms with E-state index in [9.17, 15) is 9.59 Å². The molecule has 0 aliphatic heterocycles. The van der Waals surface area contributed by atoms with Crippen LogP contribution < -0.4 is 0 Å². The van der Waals surface area contributed by atoms with Gasteiger partial charge in [0.2, 0.25) is 5.91 Å². The maximum Gasteiger partial charge on any atom is 0.326 e. The molecule has 0 saturated heterocycles. The van der Waals surface area contributed by atoms with Crippen molar-refractivity contribution in [3.8, 4) is 0 Å². The second-order valence-electron chi connectivity index (χ2n) is 5.33. The van der Waals surface area contributed by atoms with Gasteiger partial charge in [0.1, 0.15) is 6.04 Å². The fourth-order valence-electron chi connectivity index (χ4n) is 2.72. The first kappa shape index (κ1) is 12.4. The summed E-state index contributed by atoms with van der Waals surface area (Å²) in [7, 11) is 0. The molecule has 0 aromatic rings. The number of amides is 1. The maximum absolute atomic E-state index is 12.4. The molecule has 17 heavy (non-hydrogen) atoms. The zero-order chi connectivity index (χ0) is 12.4. The van der Waals surface area contributed by atoms with Gasteiger partial charge in [0.05, 0.1) is 0 Å². The highest BCUT2D eigenvalue weighted by Gasteiger charge is 2.40. The van der Waals surface area contributed by atoms with E-state index in [1.807, 2.05) is 0 Å². The number of hydrogen-bond acceptors (Lipinski definition) is 2. The quantitative estimate of drug-likeness (QED) is 0.816. The summed E-state index contributed by atoms with van der Waals surface area (Å²) < 4.78 is 0. The fourth-order valence-corrected chi connectivity index (χ4v) is 2.72. The Morgan fingerprint density at radius 2 is 1.71 bits per heavy atom. The van der Waals surface area contributed by atoms with Gasteiger partial charge in [0.15, 0.2) is 0 Å². The molecule has 0 aromatic heterocycles. The minimum absolute atomic E-state index is 0.0751. The first-order valence-corrected chi connectivity index (χ1v) is 6.66. The molecule has 2 rings (SSSR count). The average molecular weight is 239 g/mol. The average Bonchev–Trinajstić information content (AvgIpc) is 3.14. The molecule has 2 saturated carbocycles. The van der Waals surface area contributed by atoms with Crippen molar-refractivity contribution in [2.75, 3.05) is 0 Å². The summed E-state index contributed by atoms with van der Waals surface area (Å²) in [6.07, 6.45) is 7.24. The van der Waals surface area contributed by atoms with Crippen molar-refractivity contribution < 1.29 is 14.7 Å². The van der Waals surface area contributed by atoms with E-state index in [-0.39, 0.29) is 17.9 Å². The second kappa shape index (κ2) is 5.07. The molecule has 1 atom stereocenters.